The number of allylic oxidation sites excluding steroid dienone is 7. The molecule has 2 aliphatic heterocycles. The summed E-state index contributed by atoms with van der Waals surface area (Å²) in [4.78, 5) is 13.3. The topological polar surface area (TPSA) is 55.6 Å². The molecule has 5 rings (SSSR count). The van der Waals surface area contributed by atoms with Crippen LogP contribution < -0.4 is 10.2 Å². The van der Waals surface area contributed by atoms with Gasteiger partial charge in [0.05, 0.1) is 5.41 Å². The minimum Gasteiger partial charge on any atom is -0.481 e. The molecule has 2 heterocycles. The standard InChI is InChI=1S/C38H47N3O2/c1-37(2)29-17-9-11-19-31(29)40(5)33(37)24-22-27-15-14-16-28(36(27)39-26-13-7-8-21-35(42)43)23-25-34-38(3,4)30-18-10-12-20-32(30)41(34)6/h9-12,17-20,22-25H,7-8,13-16,21,26H2,1-6H3,(H,42,43)/p+1/b27-22+,33-24+. The third kappa shape index (κ3) is 6.00. The van der Waals surface area contributed by atoms with Crippen molar-refractivity contribution < 1.29 is 14.5 Å². The lowest BCUT2D eigenvalue weighted by Gasteiger charge is -2.25. The number of hydrogen-bond acceptors (Lipinski definition) is 3. The van der Waals surface area contributed by atoms with E-state index in [9.17, 15) is 4.79 Å². The molecule has 2 aromatic rings. The molecule has 2 aromatic carbocycles. The summed E-state index contributed by atoms with van der Waals surface area (Å²) in [6.07, 6.45) is 15.4. The van der Waals surface area contributed by atoms with Gasteiger partial charge >= 0.3 is 5.97 Å². The first-order chi connectivity index (χ1) is 20.5. The molecule has 0 fully saturated rings. The Morgan fingerprint density at radius 3 is 2.37 bits per heavy atom. The lowest BCUT2D eigenvalue weighted by atomic mass is 9.81. The number of aliphatic carboxylic acids is 1. The van der Waals surface area contributed by atoms with Crippen LogP contribution in [0.25, 0.3) is 0 Å². The summed E-state index contributed by atoms with van der Waals surface area (Å²) >= 11 is 0. The van der Waals surface area contributed by atoms with Gasteiger partial charge < -0.3 is 15.3 Å². The molecule has 0 saturated carbocycles. The second kappa shape index (κ2) is 12.4. The predicted octanol–water partition coefficient (Wildman–Crippen LogP) is 8.16. The van der Waals surface area contributed by atoms with E-state index in [1.165, 1.54) is 50.8 Å². The zero-order chi connectivity index (χ0) is 30.8. The number of unbranched alkanes of at least 4 members (excludes halogenated alkanes) is 2. The maximum atomic E-state index is 11.0. The predicted molar refractivity (Wildman–Crippen MR) is 178 cm³/mol. The van der Waals surface area contributed by atoms with Crippen molar-refractivity contribution >= 4 is 23.1 Å². The van der Waals surface area contributed by atoms with Gasteiger partial charge in [-0.2, -0.15) is 4.58 Å². The van der Waals surface area contributed by atoms with Crippen LogP contribution in [0.3, 0.4) is 0 Å². The Morgan fingerprint density at radius 1 is 0.930 bits per heavy atom. The Labute approximate surface area is 258 Å². The fourth-order valence-electron chi connectivity index (χ4n) is 7.24. The molecule has 0 aromatic heterocycles. The van der Waals surface area contributed by atoms with Crippen molar-refractivity contribution in [3.8, 4) is 0 Å². The van der Waals surface area contributed by atoms with E-state index in [2.05, 4.69) is 129 Å². The first-order valence-electron chi connectivity index (χ1n) is 15.9. The van der Waals surface area contributed by atoms with E-state index in [0.717, 1.165) is 45.1 Å². The first kappa shape index (κ1) is 30.6. The summed E-state index contributed by atoms with van der Waals surface area (Å²) < 4.78 is 2.33. The summed E-state index contributed by atoms with van der Waals surface area (Å²) in [5, 5.41) is 12.8. The molecule has 43 heavy (non-hydrogen) atoms. The number of fused-ring (bicyclic) bond motifs is 2. The average molecular weight is 579 g/mol. The van der Waals surface area contributed by atoms with Crippen molar-refractivity contribution in [3.63, 3.8) is 0 Å². The number of anilines is 1. The van der Waals surface area contributed by atoms with E-state index in [0.29, 0.717) is 0 Å². The monoisotopic (exact) mass is 578 g/mol. The molecule has 226 valence electrons. The van der Waals surface area contributed by atoms with E-state index in [4.69, 9.17) is 5.11 Å². The van der Waals surface area contributed by atoms with Crippen molar-refractivity contribution in [1.29, 1.82) is 0 Å². The summed E-state index contributed by atoms with van der Waals surface area (Å²) in [6, 6.07) is 17.4. The van der Waals surface area contributed by atoms with Gasteiger partial charge in [-0.1, -0.05) is 68.8 Å². The summed E-state index contributed by atoms with van der Waals surface area (Å²) in [5.74, 6) is -0.713. The van der Waals surface area contributed by atoms with Gasteiger partial charge in [0.25, 0.3) is 0 Å². The number of rotatable bonds is 10. The Kier molecular flexibility index (Phi) is 8.82. The van der Waals surface area contributed by atoms with Crippen molar-refractivity contribution in [2.24, 2.45) is 0 Å². The highest BCUT2D eigenvalue weighted by atomic mass is 16.4. The molecule has 0 amide bonds. The molecule has 0 spiro atoms. The fraction of sp³-hybridized carbons (Fsp3) is 0.421. The molecule has 5 heteroatoms. The van der Waals surface area contributed by atoms with Gasteiger partial charge in [-0.25, -0.2) is 0 Å². The Hall–Kier alpha value is -3.86. The third-order valence-electron chi connectivity index (χ3n) is 9.67. The number of carboxylic acid groups (broad SMARTS) is 1. The van der Waals surface area contributed by atoms with Crippen LogP contribution in [0.15, 0.2) is 95.4 Å². The van der Waals surface area contributed by atoms with Crippen molar-refractivity contribution in [3.05, 3.63) is 107 Å². The molecule has 0 saturated heterocycles. The number of hydrogen-bond donors (Lipinski definition) is 2. The Bertz CT molecular complexity index is 1550. The fourth-order valence-corrected chi connectivity index (χ4v) is 7.24. The molecule has 0 bridgehead atoms. The number of benzene rings is 2. The maximum Gasteiger partial charge on any atom is 0.303 e. The largest absolute Gasteiger partial charge is 0.481 e. The van der Waals surface area contributed by atoms with E-state index >= 15 is 0 Å². The van der Waals surface area contributed by atoms with Crippen LogP contribution in [0.1, 0.15) is 83.8 Å². The minimum atomic E-state index is -0.713. The first-order valence-corrected chi connectivity index (χ1v) is 15.9. The second-order valence-corrected chi connectivity index (χ2v) is 13.2. The van der Waals surface area contributed by atoms with Gasteiger partial charge in [-0.15, -0.1) is 0 Å². The van der Waals surface area contributed by atoms with Crippen molar-refractivity contribution in [2.45, 2.75) is 83.5 Å². The van der Waals surface area contributed by atoms with Gasteiger partial charge in [-0.3, -0.25) is 4.79 Å². The molecule has 0 atom stereocenters. The van der Waals surface area contributed by atoms with E-state index in [1.54, 1.807) is 0 Å². The van der Waals surface area contributed by atoms with Gasteiger partial charge in [-0.05, 0) is 74.8 Å². The van der Waals surface area contributed by atoms with Gasteiger partial charge in [0, 0.05) is 60.2 Å². The summed E-state index contributed by atoms with van der Waals surface area (Å²) in [5.41, 5.74) is 11.7. The van der Waals surface area contributed by atoms with Gasteiger partial charge in [0.15, 0.2) is 5.71 Å². The molecule has 3 aliphatic rings. The normalized spacial score (nSPS) is 20.8. The summed E-state index contributed by atoms with van der Waals surface area (Å²) in [6.45, 7) is 10.1. The number of carbonyl (C=O) groups is 1. The van der Waals surface area contributed by atoms with Crippen LogP contribution in [0.2, 0.25) is 0 Å². The molecular weight excluding hydrogens is 530 g/mol. The van der Waals surface area contributed by atoms with Gasteiger partial charge in [0.1, 0.15) is 7.05 Å². The smallest absolute Gasteiger partial charge is 0.303 e. The Morgan fingerprint density at radius 2 is 1.65 bits per heavy atom. The average Bonchev–Trinajstić information content (AvgIpc) is 3.30. The molecule has 5 nitrogen and oxygen atoms in total. The molecular formula is C38H48N3O2+. The lowest BCUT2D eigenvalue weighted by Crippen LogP contribution is -2.27. The highest BCUT2D eigenvalue weighted by molar-refractivity contribution is 6.03. The molecule has 2 N–H and O–H groups in total. The number of nitrogens with zero attached hydrogens (tertiary/aromatic N) is 2. The van der Waals surface area contributed by atoms with E-state index in [-0.39, 0.29) is 17.3 Å². The maximum absolute atomic E-state index is 11.0. The number of para-hydroxylation sites is 2. The summed E-state index contributed by atoms with van der Waals surface area (Å²) in [7, 11) is 4.35. The molecule has 1 aliphatic carbocycles. The molecule has 0 unspecified atom stereocenters. The zero-order valence-corrected chi connectivity index (χ0v) is 26.8. The van der Waals surface area contributed by atoms with Crippen molar-refractivity contribution in [1.82, 2.24) is 5.32 Å². The number of carboxylic acids is 1. The van der Waals surface area contributed by atoms with Crippen LogP contribution in [0, 0.1) is 0 Å². The number of nitrogens with one attached hydrogen (secondary N) is 1. The minimum absolute atomic E-state index is 0.0640. The van der Waals surface area contributed by atoms with E-state index < -0.39 is 5.97 Å². The highest BCUT2D eigenvalue weighted by Crippen LogP contribution is 2.47. The SMILES string of the molecule is CN1/C(=C/C=C2\CCCC(/C=C/C3=[N+](C)c4ccccc4C3(C)C)=C2NCCCCCC(=O)O)C(C)(C)c2ccccc21. The quantitative estimate of drug-likeness (QED) is 0.221. The van der Waals surface area contributed by atoms with E-state index in [1.807, 2.05) is 0 Å². The van der Waals surface area contributed by atoms with Gasteiger partial charge in [0.2, 0.25) is 5.69 Å². The molecule has 0 radical (unpaired) electrons. The van der Waals surface area contributed by atoms with Crippen LogP contribution in [-0.2, 0) is 15.6 Å². The number of likely N-dealkylation sites (N-methyl/N-ethyl adjacent to an activating group) is 1. The van der Waals surface area contributed by atoms with Crippen LogP contribution in [0.5, 0.6) is 0 Å². The Balaban J connectivity index is 1.46. The highest BCUT2D eigenvalue weighted by Gasteiger charge is 2.42. The van der Waals surface area contributed by atoms with Crippen LogP contribution in [-0.4, -0.2) is 42.0 Å². The second-order valence-electron chi connectivity index (χ2n) is 13.2. The van der Waals surface area contributed by atoms with Crippen molar-refractivity contribution in [2.75, 3.05) is 25.5 Å². The third-order valence-corrected chi connectivity index (χ3v) is 9.67. The van der Waals surface area contributed by atoms with Crippen LogP contribution >= 0.6 is 0 Å². The zero-order valence-electron chi connectivity index (χ0n) is 26.8. The lowest BCUT2D eigenvalue weighted by molar-refractivity contribution is -0.401. The van der Waals surface area contributed by atoms with Crippen LogP contribution in [0.4, 0.5) is 11.4 Å².